The molecule has 25 heavy (non-hydrogen) atoms. The van der Waals surface area contributed by atoms with Gasteiger partial charge in [0.25, 0.3) is 5.91 Å². The number of carbonyl (C=O) groups is 1. The number of ether oxygens (including phenoxy) is 3. The molecule has 0 aliphatic heterocycles. The molecule has 0 bridgehead atoms. The van der Waals surface area contributed by atoms with E-state index < -0.39 is 6.10 Å². The standard InChI is InChI=1S/C19H22FNO4/c1-12(17-11-16(23-3)9-10-18(17)24-4)21-19(22)13(2)25-15-7-5-14(20)6-8-15/h5-13H,1-4H3,(H,21,22)/t12-,13+/m0/s1. The molecule has 1 amide bonds. The molecule has 2 aromatic rings. The van der Waals surface area contributed by atoms with Crippen molar-refractivity contribution < 1.29 is 23.4 Å². The minimum atomic E-state index is -0.732. The predicted octanol–water partition coefficient (Wildman–Crippen LogP) is 3.49. The first-order chi connectivity index (χ1) is 11.9. The highest BCUT2D eigenvalue weighted by Gasteiger charge is 2.20. The molecule has 5 nitrogen and oxygen atoms in total. The number of rotatable bonds is 7. The summed E-state index contributed by atoms with van der Waals surface area (Å²) in [6.45, 7) is 3.48. The highest BCUT2D eigenvalue weighted by atomic mass is 19.1. The number of amides is 1. The lowest BCUT2D eigenvalue weighted by Gasteiger charge is -2.21. The van der Waals surface area contributed by atoms with Crippen LogP contribution in [0, 0.1) is 5.82 Å². The molecule has 0 heterocycles. The lowest BCUT2D eigenvalue weighted by molar-refractivity contribution is -0.127. The SMILES string of the molecule is COc1ccc(OC)c([C@H](C)NC(=O)[C@@H](C)Oc2ccc(F)cc2)c1. The van der Waals surface area contributed by atoms with Crippen LogP contribution < -0.4 is 19.5 Å². The number of hydrogen-bond donors (Lipinski definition) is 1. The van der Waals surface area contributed by atoms with Gasteiger partial charge >= 0.3 is 0 Å². The first-order valence-electron chi connectivity index (χ1n) is 7.89. The van der Waals surface area contributed by atoms with Crippen LogP contribution >= 0.6 is 0 Å². The van der Waals surface area contributed by atoms with Crippen molar-refractivity contribution in [2.45, 2.75) is 26.0 Å². The minimum Gasteiger partial charge on any atom is -0.497 e. The molecule has 0 fully saturated rings. The van der Waals surface area contributed by atoms with Crippen LogP contribution in [0.2, 0.25) is 0 Å². The van der Waals surface area contributed by atoms with E-state index in [9.17, 15) is 9.18 Å². The summed E-state index contributed by atoms with van der Waals surface area (Å²) in [6, 6.07) is 10.6. The summed E-state index contributed by atoms with van der Waals surface area (Å²) in [5.74, 6) is 1.11. The van der Waals surface area contributed by atoms with Crippen LogP contribution in [-0.2, 0) is 4.79 Å². The van der Waals surface area contributed by atoms with Gasteiger partial charge in [0.15, 0.2) is 6.10 Å². The molecule has 2 atom stereocenters. The maximum Gasteiger partial charge on any atom is 0.261 e. The van der Waals surface area contributed by atoms with E-state index in [0.29, 0.717) is 17.2 Å². The third-order valence-corrected chi connectivity index (χ3v) is 3.76. The third kappa shape index (κ3) is 4.86. The molecular weight excluding hydrogens is 325 g/mol. The maximum atomic E-state index is 12.9. The van der Waals surface area contributed by atoms with Crippen LogP contribution in [0.4, 0.5) is 4.39 Å². The summed E-state index contributed by atoms with van der Waals surface area (Å²) in [5, 5.41) is 2.88. The van der Waals surface area contributed by atoms with Gasteiger partial charge in [0.2, 0.25) is 0 Å². The zero-order valence-electron chi connectivity index (χ0n) is 14.7. The Kier molecular flexibility index (Phi) is 6.22. The summed E-state index contributed by atoms with van der Waals surface area (Å²) in [7, 11) is 3.15. The molecule has 0 aromatic heterocycles. The highest BCUT2D eigenvalue weighted by Crippen LogP contribution is 2.29. The average molecular weight is 347 g/mol. The van der Waals surface area contributed by atoms with E-state index in [2.05, 4.69) is 5.32 Å². The van der Waals surface area contributed by atoms with Gasteiger partial charge in [0.05, 0.1) is 20.3 Å². The zero-order chi connectivity index (χ0) is 18.4. The van der Waals surface area contributed by atoms with Crippen molar-refractivity contribution in [1.29, 1.82) is 0 Å². The molecule has 2 rings (SSSR count). The molecule has 134 valence electrons. The summed E-state index contributed by atoms with van der Waals surface area (Å²) < 4.78 is 29.0. The first-order valence-corrected chi connectivity index (χ1v) is 7.89. The van der Waals surface area contributed by atoms with Crippen molar-refractivity contribution in [2.24, 2.45) is 0 Å². The number of hydrogen-bond acceptors (Lipinski definition) is 4. The number of methoxy groups -OCH3 is 2. The molecule has 1 N–H and O–H groups in total. The van der Waals surface area contributed by atoms with Crippen molar-refractivity contribution in [2.75, 3.05) is 14.2 Å². The molecule has 0 radical (unpaired) electrons. The van der Waals surface area contributed by atoms with E-state index in [1.165, 1.54) is 24.3 Å². The Morgan fingerprint density at radius 3 is 2.24 bits per heavy atom. The fraction of sp³-hybridized carbons (Fsp3) is 0.316. The van der Waals surface area contributed by atoms with Gasteiger partial charge < -0.3 is 19.5 Å². The molecule has 0 aliphatic carbocycles. The molecule has 0 spiro atoms. The zero-order valence-corrected chi connectivity index (χ0v) is 14.7. The van der Waals surface area contributed by atoms with E-state index in [-0.39, 0.29) is 17.8 Å². The molecule has 0 aliphatic rings. The van der Waals surface area contributed by atoms with E-state index in [1.54, 1.807) is 33.3 Å². The van der Waals surface area contributed by atoms with Crippen molar-refractivity contribution >= 4 is 5.91 Å². The quantitative estimate of drug-likeness (QED) is 0.833. The van der Waals surface area contributed by atoms with Gasteiger partial charge in [-0.25, -0.2) is 4.39 Å². The lowest BCUT2D eigenvalue weighted by Crippen LogP contribution is -2.37. The molecule has 2 aromatic carbocycles. The summed E-state index contributed by atoms with van der Waals surface area (Å²) in [6.07, 6.45) is -0.732. The topological polar surface area (TPSA) is 56.8 Å². The Labute approximate surface area is 146 Å². The van der Waals surface area contributed by atoms with Crippen molar-refractivity contribution in [3.8, 4) is 17.2 Å². The minimum absolute atomic E-state index is 0.290. The number of nitrogens with one attached hydrogen (secondary N) is 1. The average Bonchev–Trinajstić information content (AvgIpc) is 2.62. The van der Waals surface area contributed by atoms with E-state index in [0.717, 1.165) is 5.56 Å². The van der Waals surface area contributed by atoms with Crippen LogP contribution in [-0.4, -0.2) is 26.2 Å². The Bertz CT molecular complexity index is 718. The molecular formula is C19H22FNO4. The van der Waals surface area contributed by atoms with Gasteiger partial charge in [-0.3, -0.25) is 4.79 Å². The van der Waals surface area contributed by atoms with Gasteiger partial charge in [-0.2, -0.15) is 0 Å². The number of benzene rings is 2. The lowest BCUT2D eigenvalue weighted by atomic mass is 10.1. The monoisotopic (exact) mass is 347 g/mol. The van der Waals surface area contributed by atoms with Crippen LogP contribution in [0.5, 0.6) is 17.2 Å². The van der Waals surface area contributed by atoms with Crippen molar-refractivity contribution in [3.63, 3.8) is 0 Å². The normalized spacial score (nSPS) is 12.8. The van der Waals surface area contributed by atoms with Crippen LogP contribution in [0.3, 0.4) is 0 Å². The Morgan fingerprint density at radius 2 is 1.64 bits per heavy atom. The van der Waals surface area contributed by atoms with Gasteiger partial charge in [0.1, 0.15) is 23.1 Å². The molecule has 6 heteroatoms. The maximum absolute atomic E-state index is 12.9. The van der Waals surface area contributed by atoms with Crippen LogP contribution in [0.1, 0.15) is 25.5 Å². The third-order valence-electron chi connectivity index (χ3n) is 3.76. The molecule has 0 unspecified atom stereocenters. The van der Waals surface area contributed by atoms with E-state index in [1.807, 2.05) is 13.0 Å². The highest BCUT2D eigenvalue weighted by molar-refractivity contribution is 5.81. The van der Waals surface area contributed by atoms with Gasteiger partial charge in [-0.1, -0.05) is 0 Å². The Hall–Kier alpha value is -2.76. The van der Waals surface area contributed by atoms with Crippen molar-refractivity contribution in [3.05, 3.63) is 53.8 Å². The van der Waals surface area contributed by atoms with E-state index in [4.69, 9.17) is 14.2 Å². The molecule has 0 saturated carbocycles. The van der Waals surface area contributed by atoms with Crippen molar-refractivity contribution in [1.82, 2.24) is 5.32 Å². The van der Waals surface area contributed by atoms with E-state index >= 15 is 0 Å². The smallest absolute Gasteiger partial charge is 0.261 e. The summed E-state index contributed by atoms with van der Waals surface area (Å²) in [5.41, 5.74) is 0.796. The summed E-state index contributed by atoms with van der Waals surface area (Å²) >= 11 is 0. The second-order valence-corrected chi connectivity index (χ2v) is 5.55. The fourth-order valence-corrected chi connectivity index (χ4v) is 2.36. The van der Waals surface area contributed by atoms with Crippen LogP contribution in [0.15, 0.2) is 42.5 Å². The van der Waals surface area contributed by atoms with Gasteiger partial charge in [-0.05, 0) is 56.3 Å². The molecule has 0 saturated heterocycles. The predicted molar refractivity (Wildman–Crippen MR) is 92.6 cm³/mol. The number of halogens is 1. The Balaban J connectivity index is 2.05. The fourth-order valence-electron chi connectivity index (χ4n) is 2.36. The number of carbonyl (C=O) groups excluding carboxylic acids is 1. The largest absolute Gasteiger partial charge is 0.497 e. The first kappa shape index (κ1) is 18.6. The summed E-state index contributed by atoms with van der Waals surface area (Å²) in [4.78, 5) is 12.4. The van der Waals surface area contributed by atoms with Crippen LogP contribution in [0.25, 0.3) is 0 Å². The Morgan fingerprint density at radius 1 is 1.00 bits per heavy atom. The van der Waals surface area contributed by atoms with Gasteiger partial charge in [0, 0.05) is 5.56 Å². The second-order valence-electron chi connectivity index (χ2n) is 5.55. The second kappa shape index (κ2) is 8.37. The van der Waals surface area contributed by atoms with Gasteiger partial charge in [-0.15, -0.1) is 0 Å².